The molecule has 1 aromatic heterocycles. The normalized spacial score (nSPS) is 19.1. The standard InChI is InChI=1S/C20H37N5O/c1-5-16(6-2)19-13-18(26-24-19)15-23-20(21-7-3)22-14-17-11-9-10-12-25(17)8-4/h13,16-17H,5-12,14-15H2,1-4H3,(H2,21,22,23). The van der Waals surface area contributed by atoms with E-state index in [4.69, 9.17) is 4.52 Å². The first kappa shape index (κ1) is 20.7. The summed E-state index contributed by atoms with van der Waals surface area (Å²) < 4.78 is 5.49. The molecule has 148 valence electrons. The second-order valence-electron chi connectivity index (χ2n) is 7.09. The molecule has 2 heterocycles. The van der Waals surface area contributed by atoms with E-state index < -0.39 is 0 Å². The summed E-state index contributed by atoms with van der Waals surface area (Å²) in [6.45, 7) is 13.4. The van der Waals surface area contributed by atoms with Crippen LogP contribution in [0.15, 0.2) is 15.6 Å². The highest BCUT2D eigenvalue weighted by atomic mass is 16.5. The van der Waals surface area contributed by atoms with Gasteiger partial charge in [-0.15, -0.1) is 0 Å². The van der Waals surface area contributed by atoms with E-state index in [9.17, 15) is 0 Å². The number of rotatable bonds is 9. The van der Waals surface area contributed by atoms with Crippen molar-refractivity contribution in [2.24, 2.45) is 4.99 Å². The van der Waals surface area contributed by atoms with Crippen LogP contribution in [0.3, 0.4) is 0 Å². The van der Waals surface area contributed by atoms with Crippen LogP contribution in [-0.2, 0) is 6.54 Å². The Bertz CT molecular complexity index is 538. The molecule has 1 aliphatic heterocycles. The first-order chi connectivity index (χ1) is 12.7. The molecule has 0 aliphatic carbocycles. The summed E-state index contributed by atoms with van der Waals surface area (Å²) in [4.78, 5) is 7.25. The number of guanidine groups is 1. The molecule has 0 amide bonds. The van der Waals surface area contributed by atoms with Crippen molar-refractivity contribution >= 4 is 5.96 Å². The molecule has 6 nitrogen and oxygen atoms in total. The highest BCUT2D eigenvalue weighted by molar-refractivity contribution is 5.79. The Labute approximate surface area is 158 Å². The first-order valence-electron chi connectivity index (χ1n) is 10.4. The van der Waals surface area contributed by atoms with Gasteiger partial charge in [0.25, 0.3) is 0 Å². The van der Waals surface area contributed by atoms with Gasteiger partial charge in [-0.05, 0) is 45.7 Å². The summed E-state index contributed by atoms with van der Waals surface area (Å²) in [6, 6.07) is 2.66. The van der Waals surface area contributed by atoms with Gasteiger partial charge >= 0.3 is 0 Å². The second-order valence-corrected chi connectivity index (χ2v) is 7.09. The van der Waals surface area contributed by atoms with Crippen LogP contribution in [0, 0.1) is 0 Å². The third-order valence-corrected chi connectivity index (χ3v) is 5.38. The van der Waals surface area contributed by atoms with Gasteiger partial charge in [0.2, 0.25) is 0 Å². The maximum Gasteiger partial charge on any atom is 0.191 e. The molecule has 1 fully saturated rings. The van der Waals surface area contributed by atoms with Crippen molar-refractivity contribution in [3.05, 3.63) is 17.5 Å². The minimum Gasteiger partial charge on any atom is -0.359 e. The SMILES string of the molecule is CCNC(=NCc1cc(C(CC)CC)no1)NCC1CCCCN1CC. The van der Waals surface area contributed by atoms with Crippen LogP contribution in [0.5, 0.6) is 0 Å². The molecule has 1 aromatic rings. The minimum atomic E-state index is 0.481. The molecule has 1 atom stereocenters. The number of aliphatic imine (C=N–C) groups is 1. The first-order valence-corrected chi connectivity index (χ1v) is 10.4. The summed E-state index contributed by atoms with van der Waals surface area (Å²) in [5, 5.41) is 11.1. The van der Waals surface area contributed by atoms with E-state index in [0.717, 1.165) is 49.9 Å². The van der Waals surface area contributed by atoms with Crippen LogP contribution in [0.25, 0.3) is 0 Å². The highest BCUT2D eigenvalue weighted by Crippen LogP contribution is 2.22. The molecule has 2 N–H and O–H groups in total. The Balaban J connectivity index is 1.91. The Morgan fingerprint density at radius 2 is 2.08 bits per heavy atom. The van der Waals surface area contributed by atoms with Gasteiger partial charge < -0.3 is 15.2 Å². The molecule has 1 saturated heterocycles. The van der Waals surface area contributed by atoms with Crippen molar-refractivity contribution in [3.63, 3.8) is 0 Å². The molecule has 0 radical (unpaired) electrons. The Morgan fingerprint density at radius 3 is 2.77 bits per heavy atom. The zero-order chi connectivity index (χ0) is 18.8. The third kappa shape index (κ3) is 6.01. The van der Waals surface area contributed by atoms with E-state index in [0.29, 0.717) is 18.5 Å². The van der Waals surface area contributed by atoms with Crippen molar-refractivity contribution in [3.8, 4) is 0 Å². The van der Waals surface area contributed by atoms with Gasteiger partial charge in [-0.25, -0.2) is 4.99 Å². The zero-order valence-corrected chi connectivity index (χ0v) is 17.1. The Kier molecular flexibility index (Phi) is 8.95. The molecular weight excluding hydrogens is 326 g/mol. The van der Waals surface area contributed by atoms with Gasteiger partial charge in [-0.1, -0.05) is 32.3 Å². The second kappa shape index (κ2) is 11.2. The summed E-state index contributed by atoms with van der Waals surface area (Å²) in [5.41, 5.74) is 1.05. The van der Waals surface area contributed by atoms with Gasteiger partial charge in [0, 0.05) is 31.1 Å². The number of piperidine rings is 1. The highest BCUT2D eigenvalue weighted by Gasteiger charge is 2.21. The topological polar surface area (TPSA) is 65.7 Å². The number of nitrogens with one attached hydrogen (secondary N) is 2. The Morgan fingerprint density at radius 1 is 1.27 bits per heavy atom. The smallest absolute Gasteiger partial charge is 0.191 e. The van der Waals surface area contributed by atoms with Crippen molar-refractivity contribution in [2.75, 3.05) is 26.2 Å². The lowest BCUT2D eigenvalue weighted by atomic mass is 9.99. The largest absolute Gasteiger partial charge is 0.359 e. The van der Waals surface area contributed by atoms with Gasteiger partial charge in [0.05, 0.1) is 5.69 Å². The van der Waals surface area contributed by atoms with Gasteiger partial charge in [0.1, 0.15) is 6.54 Å². The lowest BCUT2D eigenvalue weighted by molar-refractivity contribution is 0.157. The number of likely N-dealkylation sites (tertiary alicyclic amines) is 1. The van der Waals surface area contributed by atoms with Crippen LogP contribution in [0.2, 0.25) is 0 Å². The summed E-state index contributed by atoms with van der Waals surface area (Å²) in [6.07, 6.45) is 6.09. The van der Waals surface area contributed by atoms with Crippen LogP contribution in [0.1, 0.15) is 77.2 Å². The summed E-state index contributed by atoms with van der Waals surface area (Å²) >= 11 is 0. The number of hydrogen-bond acceptors (Lipinski definition) is 4. The van der Waals surface area contributed by atoms with E-state index in [1.165, 1.54) is 25.8 Å². The average molecular weight is 364 g/mol. The van der Waals surface area contributed by atoms with Gasteiger partial charge in [-0.2, -0.15) is 0 Å². The fourth-order valence-corrected chi connectivity index (χ4v) is 3.72. The van der Waals surface area contributed by atoms with E-state index in [1.54, 1.807) is 0 Å². The predicted octanol–water partition coefficient (Wildman–Crippen LogP) is 3.51. The summed E-state index contributed by atoms with van der Waals surface area (Å²) in [7, 11) is 0. The summed E-state index contributed by atoms with van der Waals surface area (Å²) in [5.74, 6) is 2.17. The molecule has 0 bridgehead atoms. The third-order valence-electron chi connectivity index (χ3n) is 5.38. The lowest BCUT2D eigenvalue weighted by Gasteiger charge is -2.35. The lowest BCUT2D eigenvalue weighted by Crippen LogP contribution is -2.49. The maximum absolute atomic E-state index is 5.49. The predicted molar refractivity (Wildman–Crippen MR) is 108 cm³/mol. The van der Waals surface area contributed by atoms with Gasteiger partial charge in [0.15, 0.2) is 11.7 Å². The van der Waals surface area contributed by atoms with Crippen LogP contribution in [-0.4, -0.2) is 48.2 Å². The van der Waals surface area contributed by atoms with Crippen LogP contribution < -0.4 is 10.6 Å². The molecule has 0 saturated carbocycles. The molecule has 26 heavy (non-hydrogen) atoms. The number of likely N-dealkylation sites (N-methyl/N-ethyl adjacent to an activating group) is 1. The minimum absolute atomic E-state index is 0.481. The molecule has 6 heteroatoms. The molecule has 1 unspecified atom stereocenters. The van der Waals surface area contributed by atoms with E-state index in [1.807, 2.05) is 0 Å². The Hall–Kier alpha value is -1.56. The number of aromatic nitrogens is 1. The molecular formula is C20H37N5O. The maximum atomic E-state index is 5.49. The molecule has 2 rings (SSSR count). The fourth-order valence-electron chi connectivity index (χ4n) is 3.72. The van der Waals surface area contributed by atoms with Crippen molar-refractivity contribution < 1.29 is 4.52 Å². The van der Waals surface area contributed by atoms with Crippen molar-refractivity contribution in [1.29, 1.82) is 0 Å². The molecule has 0 spiro atoms. The molecule has 0 aromatic carbocycles. The van der Waals surface area contributed by atoms with E-state index >= 15 is 0 Å². The zero-order valence-electron chi connectivity index (χ0n) is 17.1. The quantitative estimate of drug-likeness (QED) is 0.519. The van der Waals surface area contributed by atoms with Gasteiger partial charge in [-0.3, -0.25) is 4.90 Å². The van der Waals surface area contributed by atoms with E-state index in [2.05, 4.69) is 59.4 Å². The number of hydrogen-bond donors (Lipinski definition) is 2. The average Bonchev–Trinajstić information content (AvgIpc) is 3.14. The fraction of sp³-hybridized carbons (Fsp3) is 0.800. The van der Waals surface area contributed by atoms with E-state index in [-0.39, 0.29) is 0 Å². The number of nitrogens with zero attached hydrogens (tertiary/aromatic N) is 3. The van der Waals surface area contributed by atoms with Crippen LogP contribution >= 0.6 is 0 Å². The molecule has 1 aliphatic rings. The van der Waals surface area contributed by atoms with Crippen molar-refractivity contribution in [2.45, 2.75) is 78.3 Å². The van der Waals surface area contributed by atoms with Crippen LogP contribution in [0.4, 0.5) is 0 Å². The monoisotopic (exact) mass is 363 g/mol. The van der Waals surface area contributed by atoms with Crippen molar-refractivity contribution in [1.82, 2.24) is 20.7 Å².